The summed E-state index contributed by atoms with van der Waals surface area (Å²) in [4.78, 5) is 48.7. The summed E-state index contributed by atoms with van der Waals surface area (Å²) in [6.45, 7) is 11.1. The summed E-state index contributed by atoms with van der Waals surface area (Å²) in [5, 5.41) is 20.0. The molecule has 0 aliphatic carbocycles. The number of aromatic nitrogens is 2. The Labute approximate surface area is 320 Å². The molecule has 0 atom stereocenters. The van der Waals surface area contributed by atoms with E-state index in [0.29, 0.717) is 41.2 Å². The summed E-state index contributed by atoms with van der Waals surface area (Å²) < 4.78 is 14.5. The third-order valence-electron chi connectivity index (χ3n) is 9.42. The fourth-order valence-electron chi connectivity index (χ4n) is 6.56. The molecular formula is C45H48N2O8. The van der Waals surface area contributed by atoms with Crippen LogP contribution in [-0.2, 0) is 22.4 Å². The van der Waals surface area contributed by atoms with E-state index in [-0.39, 0.29) is 24.7 Å². The van der Waals surface area contributed by atoms with Gasteiger partial charge in [0.25, 0.3) is 11.8 Å². The molecule has 0 amide bonds. The van der Waals surface area contributed by atoms with Gasteiger partial charge in [0.1, 0.15) is 11.5 Å². The fraction of sp³-hybridized carbons (Fsp3) is 0.289. The molecule has 0 saturated carbocycles. The highest BCUT2D eigenvalue weighted by atomic mass is 16.5. The van der Waals surface area contributed by atoms with Gasteiger partial charge in [-0.1, -0.05) is 50.5 Å². The number of nitrogens with zero attached hydrogens (tertiary/aromatic N) is 2. The van der Waals surface area contributed by atoms with Gasteiger partial charge in [0.2, 0.25) is 0 Å². The normalized spacial score (nSPS) is 10.9. The summed E-state index contributed by atoms with van der Waals surface area (Å²) in [5.74, 6) is -0.639. The van der Waals surface area contributed by atoms with Crippen molar-refractivity contribution < 1.29 is 38.9 Å². The van der Waals surface area contributed by atoms with Crippen LogP contribution in [0.5, 0.6) is 11.5 Å². The van der Waals surface area contributed by atoms with Crippen molar-refractivity contribution in [1.29, 1.82) is 0 Å². The number of hydrogen-bond donors (Lipinski definition) is 2. The minimum atomic E-state index is -0.912. The van der Waals surface area contributed by atoms with Gasteiger partial charge in [-0.15, -0.1) is 0 Å². The van der Waals surface area contributed by atoms with E-state index in [1.807, 2.05) is 44.2 Å². The first-order chi connectivity index (χ1) is 26.4. The highest BCUT2D eigenvalue weighted by molar-refractivity contribution is 6.05. The van der Waals surface area contributed by atoms with Crippen LogP contribution in [0.2, 0.25) is 0 Å². The molecule has 2 aromatic heterocycles. The maximum absolute atomic E-state index is 13.2. The second-order valence-electron chi connectivity index (χ2n) is 13.6. The highest BCUT2D eigenvalue weighted by Crippen LogP contribution is 2.29. The van der Waals surface area contributed by atoms with Crippen LogP contribution >= 0.6 is 0 Å². The number of rotatable bonds is 14. The van der Waals surface area contributed by atoms with Crippen LogP contribution in [0.1, 0.15) is 88.3 Å². The molecule has 0 saturated heterocycles. The second kappa shape index (κ2) is 18.2. The van der Waals surface area contributed by atoms with Crippen molar-refractivity contribution in [2.24, 2.45) is 0 Å². The number of ether oxygens (including phenoxy) is 2. The third kappa shape index (κ3) is 9.51. The van der Waals surface area contributed by atoms with Gasteiger partial charge in [0.15, 0.2) is 0 Å². The molecule has 55 heavy (non-hydrogen) atoms. The molecular weight excluding hydrogens is 697 g/mol. The molecule has 2 heterocycles. The van der Waals surface area contributed by atoms with Crippen molar-refractivity contribution in [3.63, 3.8) is 0 Å². The first-order valence-electron chi connectivity index (χ1n) is 18.6. The van der Waals surface area contributed by atoms with E-state index < -0.39 is 11.9 Å². The topological polar surface area (TPSA) is 137 Å². The number of carbonyl (C=O) groups is 4. The smallest absolute Gasteiger partial charge is 0.307 e. The van der Waals surface area contributed by atoms with Crippen molar-refractivity contribution in [3.05, 3.63) is 130 Å². The summed E-state index contributed by atoms with van der Waals surface area (Å²) in [5.41, 5.74) is 6.39. The molecule has 10 nitrogen and oxygen atoms in total. The number of carboxylic acids is 2. The lowest BCUT2D eigenvalue weighted by atomic mass is 10.1. The van der Waals surface area contributed by atoms with Crippen LogP contribution in [0.25, 0.3) is 21.8 Å². The minimum Gasteiger partial charge on any atom is -0.494 e. The summed E-state index contributed by atoms with van der Waals surface area (Å²) in [6.07, 6.45) is 3.93. The maximum Gasteiger partial charge on any atom is 0.307 e. The number of aryl methyl sites for hydroxylation is 2. The van der Waals surface area contributed by atoms with E-state index in [1.165, 1.54) is 0 Å². The van der Waals surface area contributed by atoms with Gasteiger partial charge >= 0.3 is 11.9 Å². The predicted octanol–water partition coefficient (Wildman–Crippen LogP) is 9.20. The Bertz CT molecular complexity index is 2310. The molecule has 2 N–H and O–H groups in total. The Morgan fingerprint density at radius 3 is 1.65 bits per heavy atom. The number of unbranched alkanes of at least 4 members (excludes halogenated alkanes) is 2. The van der Waals surface area contributed by atoms with Gasteiger partial charge in [-0.3, -0.25) is 28.3 Å². The quantitative estimate of drug-likeness (QED) is 0.105. The molecule has 0 aliphatic heterocycles. The molecule has 286 valence electrons. The second-order valence-corrected chi connectivity index (χ2v) is 13.6. The number of carbonyl (C=O) groups excluding carboxylic acids is 2. The first kappa shape index (κ1) is 40.0. The Kier molecular flexibility index (Phi) is 13.3. The lowest BCUT2D eigenvalue weighted by Crippen LogP contribution is -2.14. The molecule has 6 aromatic rings. The van der Waals surface area contributed by atoms with E-state index in [1.54, 1.807) is 76.7 Å². The zero-order chi connectivity index (χ0) is 39.6. The van der Waals surface area contributed by atoms with E-state index in [4.69, 9.17) is 14.6 Å². The maximum atomic E-state index is 13.2. The number of fused-ring (bicyclic) bond motifs is 2. The molecule has 0 bridgehead atoms. The van der Waals surface area contributed by atoms with Gasteiger partial charge < -0.3 is 19.7 Å². The van der Waals surface area contributed by atoms with Crippen LogP contribution in [-0.4, -0.2) is 56.3 Å². The first-order valence-corrected chi connectivity index (χ1v) is 18.6. The van der Waals surface area contributed by atoms with Crippen LogP contribution < -0.4 is 9.47 Å². The largest absolute Gasteiger partial charge is 0.494 e. The fourth-order valence-corrected chi connectivity index (χ4v) is 6.56. The van der Waals surface area contributed by atoms with E-state index >= 15 is 0 Å². The van der Waals surface area contributed by atoms with Crippen molar-refractivity contribution in [1.82, 2.24) is 9.13 Å². The average Bonchev–Trinajstić information content (AvgIpc) is 3.64. The molecule has 10 heteroatoms. The van der Waals surface area contributed by atoms with E-state index in [2.05, 4.69) is 13.8 Å². The Hall–Kier alpha value is -6.16. The standard InChI is InChI=1S/C23H25NO4.C22H23NO4/c1-4-5-12-28-18-9-7-17(8-10-18)23(27)24-16(3)19(14-22(25)26)20-13-15(2)6-11-21(20)24;1-3-4-12-27-18-10-8-16(9-11-18)22(26)23-15(2)13-19-17(14-21(24)25)6-5-7-20(19)23/h6-11,13H,4-5,12,14H2,1-3H3,(H,25,26);5-11,13H,3-4,12,14H2,1-2H3,(H,24,25). The molecule has 0 unspecified atom stereocenters. The molecule has 6 rings (SSSR count). The molecule has 0 fully saturated rings. The summed E-state index contributed by atoms with van der Waals surface area (Å²) in [6, 6.07) is 27.3. The van der Waals surface area contributed by atoms with Crippen LogP contribution in [0, 0.1) is 20.8 Å². The highest BCUT2D eigenvalue weighted by Gasteiger charge is 2.22. The van der Waals surface area contributed by atoms with Crippen LogP contribution in [0.4, 0.5) is 0 Å². The monoisotopic (exact) mass is 744 g/mol. The summed E-state index contributed by atoms with van der Waals surface area (Å²) >= 11 is 0. The van der Waals surface area contributed by atoms with Gasteiger partial charge in [-0.2, -0.15) is 0 Å². The Morgan fingerprint density at radius 2 is 1.13 bits per heavy atom. The van der Waals surface area contributed by atoms with Crippen molar-refractivity contribution in [2.45, 2.75) is 73.1 Å². The van der Waals surface area contributed by atoms with Crippen LogP contribution in [0.15, 0.2) is 91.0 Å². The zero-order valence-corrected chi connectivity index (χ0v) is 32.1. The average molecular weight is 745 g/mol. The van der Waals surface area contributed by atoms with Crippen molar-refractivity contribution >= 4 is 45.6 Å². The van der Waals surface area contributed by atoms with Gasteiger partial charge in [0.05, 0.1) is 37.1 Å². The van der Waals surface area contributed by atoms with E-state index in [9.17, 15) is 24.3 Å². The SMILES string of the molecule is CCCCOc1ccc(C(=O)n2c(C)c(CC(=O)O)c3cc(C)ccc32)cc1.CCCCOc1ccc(C(=O)n2c(C)cc3c(CC(=O)O)cccc32)cc1. The third-order valence-corrected chi connectivity index (χ3v) is 9.42. The molecule has 0 aliphatic rings. The van der Waals surface area contributed by atoms with Gasteiger partial charge in [-0.05, 0) is 118 Å². The lowest BCUT2D eigenvalue weighted by Gasteiger charge is -2.09. The number of aliphatic carboxylic acids is 2. The minimum absolute atomic E-state index is 0.0707. The van der Waals surface area contributed by atoms with E-state index in [0.717, 1.165) is 70.2 Å². The molecule has 0 spiro atoms. The van der Waals surface area contributed by atoms with Crippen LogP contribution in [0.3, 0.4) is 0 Å². The van der Waals surface area contributed by atoms with Crippen molar-refractivity contribution in [3.8, 4) is 11.5 Å². The number of benzene rings is 4. The van der Waals surface area contributed by atoms with Gasteiger partial charge in [-0.25, -0.2) is 0 Å². The summed E-state index contributed by atoms with van der Waals surface area (Å²) in [7, 11) is 0. The molecule has 4 aromatic carbocycles. The lowest BCUT2D eigenvalue weighted by molar-refractivity contribution is -0.137. The number of hydrogen-bond acceptors (Lipinski definition) is 6. The number of carboxylic acid groups (broad SMARTS) is 2. The predicted molar refractivity (Wildman–Crippen MR) is 214 cm³/mol. The Morgan fingerprint density at radius 1 is 0.600 bits per heavy atom. The van der Waals surface area contributed by atoms with Gasteiger partial charge in [0, 0.05) is 33.3 Å². The zero-order valence-electron chi connectivity index (χ0n) is 32.1. The van der Waals surface area contributed by atoms with Crippen molar-refractivity contribution in [2.75, 3.05) is 13.2 Å². The molecule has 0 radical (unpaired) electrons. The Balaban J connectivity index is 0.000000211.